The van der Waals surface area contributed by atoms with Crippen LogP contribution in [0.1, 0.15) is 61.5 Å². The number of nitrogens with zero attached hydrogens (tertiary/aromatic N) is 3. The molecule has 2 aliphatic rings. The molecular weight excluding hydrogens is 302 g/mol. The summed E-state index contributed by atoms with van der Waals surface area (Å²) in [5.41, 5.74) is 3.53. The molecule has 1 fully saturated rings. The first-order valence-electron chi connectivity index (χ1n) is 9.12. The van der Waals surface area contributed by atoms with E-state index in [0.717, 1.165) is 56.5 Å². The Morgan fingerprint density at radius 3 is 2.83 bits per heavy atom. The van der Waals surface area contributed by atoms with Gasteiger partial charge in [-0.1, -0.05) is 0 Å². The van der Waals surface area contributed by atoms with E-state index >= 15 is 0 Å². The molecule has 24 heavy (non-hydrogen) atoms. The maximum atomic E-state index is 12.4. The molecule has 0 unspecified atom stereocenters. The number of imidazole rings is 1. The van der Waals surface area contributed by atoms with Crippen LogP contribution >= 0.6 is 0 Å². The van der Waals surface area contributed by atoms with Gasteiger partial charge in [0.05, 0.1) is 18.1 Å². The number of aromatic amines is 1. The van der Waals surface area contributed by atoms with Gasteiger partial charge in [-0.15, -0.1) is 0 Å². The van der Waals surface area contributed by atoms with Crippen LogP contribution in [0.5, 0.6) is 0 Å². The molecule has 2 aromatic rings. The van der Waals surface area contributed by atoms with Crippen molar-refractivity contribution in [3.8, 4) is 0 Å². The summed E-state index contributed by atoms with van der Waals surface area (Å²) in [6.07, 6.45) is 12.2. The van der Waals surface area contributed by atoms with E-state index in [1.807, 2.05) is 12.3 Å². The summed E-state index contributed by atoms with van der Waals surface area (Å²) in [6.45, 7) is 0.826. The number of aromatic nitrogens is 4. The monoisotopic (exact) mass is 327 g/mol. The average molecular weight is 327 g/mol. The van der Waals surface area contributed by atoms with Gasteiger partial charge in [0.1, 0.15) is 0 Å². The zero-order valence-corrected chi connectivity index (χ0v) is 14.0. The highest BCUT2D eigenvalue weighted by Crippen LogP contribution is 2.28. The minimum atomic E-state index is 0.0875. The smallest absolute Gasteiger partial charge is 0.267 e. The van der Waals surface area contributed by atoms with Gasteiger partial charge in [-0.2, -0.15) is 5.10 Å². The minimum Gasteiger partial charge on any atom is -0.347 e. The Morgan fingerprint density at radius 1 is 1.21 bits per heavy atom. The third kappa shape index (κ3) is 3.29. The number of nitrogens with one attached hydrogen (secondary N) is 2. The molecule has 0 saturated heterocycles. The first kappa shape index (κ1) is 15.6. The highest BCUT2D eigenvalue weighted by atomic mass is 16.1. The molecule has 4 rings (SSSR count). The topological polar surface area (TPSA) is 75.6 Å². The van der Waals surface area contributed by atoms with Crippen LogP contribution in [-0.4, -0.2) is 25.8 Å². The van der Waals surface area contributed by atoms with Crippen molar-refractivity contribution in [1.29, 1.82) is 0 Å². The molecule has 0 aliphatic heterocycles. The third-order valence-electron chi connectivity index (χ3n) is 5.41. The zero-order chi connectivity index (χ0) is 16.4. The lowest BCUT2D eigenvalue weighted by atomic mass is 9.91. The summed E-state index contributed by atoms with van der Waals surface area (Å²) in [4.78, 5) is 19.6. The van der Waals surface area contributed by atoms with Crippen LogP contribution in [0.25, 0.3) is 0 Å². The quantitative estimate of drug-likeness (QED) is 0.902. The number of fused-ring (bicyclic) bond motifs is 1. The maximum absolute atomic E-state index is 12.4. The minimum absolute atomic E-state index is 0.0875. The normalized spacial score (nSPS) is 23.8. The Balaban J connectivity index is 1.38. The number of rotatable bonds is 4. The second kappa shape index (κ2) is 6.89. The number of H-pyrrole nitrogens is 1. The van der Waals surface area contributed by atoms with E-state index in [2.05, 4.69) is 15.3 Å². The third-order valence-corrected chi connectivity index (χ3v) is 5.41. The molecule has 6 heteroatoms. The fourth-order valence-corrected chi connectivity index (χ4v) is 4.00. The fraction of sp³-hybridized carbons (Fsp3) is 0.611. The Hall–Kier alpha value is -1.95. The van der Waals surface area contributed by atoms with E-state index in [9.17, 15) is 4.79 Å². The van der Waals surface area contributed by atoms with Gasteiger partial charge in [-0.05, 0) is 56.9 Å². The van der Waals surface area contributed by atoms with E-state index in [1.165, 1.54) is 18.4 Å². The van der Waals surface area contributed by atoms with Gasteiger partial charge in [0.15, 0.2) is 0 Å². The molecule has 0 radical (unpaired) electrons. The van der Waals surface area contributed by atoms with Gasteiger partial charge in [-0.3, -0.25) is 4.79 Å². The van der Waals surface area contributed by atoms with Crippen LogP contribution in [0.15, 0.2) is 23.4 Å². The van der Waals surface area contributed by atoms with Gasteiger partial charge < -0.3 is 10.3 Å². The van der Waals surface area contributed by atoms with Gasteiger partial charge in [0.25, 0.3) is 5.56 Å². The predicted molar refractivity (Wildman–Crippen MR) is 91.9 cm³/mol. The van der Waals surface area contributed by atoms with Crippen molar-refractivity contribution in [3.05, 3.63) is 45.9 Å². The van der Waals surface area contributed by atoms with Crippen LogP contribution in [0.3, 0.4) is 0 Å². The average Bonchev–Trinajstić information content (AvgIpc) is 3.13. The molecule has 0 atom stereocenters. The largest absolute Gasteiger partial charge is 0.347 e. The van der Waals surface area contributed by atoms with E-state index < -0.39 is 0 Å². The molecule has 2 heterocycles. The van der Waals surface area contributed by atoms with Crippen molar-refractivity contribution in [2.24, 2.45) is 0 Å². The van der Waals surface area contributed by atoms with Crippen LogP contribution in [0.2, 0.25) is 0 Å². The Bertz CT molecular complexity index is 728. The van der Waals surface area contributed by atoms with Crippen molar-refractivity contribution in [1.82, 2.24) is 25.1 Å². The molecule has 0 aromatic carbocycles. The van der Waals surface area contributed by atoms with Crippen molar-refractivity contribution in [2.45, 2.75) is 70.0 Å². The molecule has 0 spiro atoms. The summed E-state index contributed by atoms with van der Waals surface area (Å²) >= 11 is 0. The number of aryl methyl sites for hydroxylation is 2. The number of hydrogen-bond donors (Lipinski definition) is 2. The molecular formula is C18H25N5O. The summed E-state index contributed by atoms with van der Waals surface area (Å²) < 4.78 is 1.77. The lowest BCUT2D eigenvalue weighted by Crippen LogP contribution is -2.37. The van der Waals surface area contributed by atoms with E-state index in [-0.39, 0.29) is 11.6 Å². The molecule has 6 nitrogen and oxygen atoms in total. The van der Waals surface area contributed by atoms with Crippen LogP contribution in [0, 0.1) is 0 Å². The molecule has 2 aromatic heterocycles. The van der Waals surface area contributed by atoms with E-state index in [1.54, 1.807) is 11.0 Å². The summed E-state index contributed by atoms with van der Waals surface area (Å²) in [6, 6.07) is 2.61. The lowest BCUT2D eigenvalue weighted by molar-refractivity contribution is 0.266. The summed E-state index contributed by atoms with van der Waals surface area (Å²) in [5, 5.41) is 8.30. The van der Waals surface area contributed by atoms with Crippen molar-refractivity contribution in [3.63, 3.8) is 0 Å². The van der Waals surface area contributed by atoms with Crippen LogP contribution < -0.4 is 10.9 Å². The highest BCUT2D eigenvalue weighted by Gasteiger charge is 2.24. The standard InChI is InChI=1S/C18H25N5O/c24-18-9-13-3-1-2-4-17(13)22-23(18)16-7-5-14(6-8-16)20-11-15-10-19-12-21-15/h9-10,12,14,16,20H,1-8,11H2,(H,19,21). The van der Waals surface area contributed by atoms with E-state index in [0.29, 0.717) is 6.04 Å². The van der Waals surface area contributed by atoms with E-state index in [4.69, 9.17) is 5.10 Å². The highest BCUT2D eigenvalue weighted by molar-refractivity contribution is 5.20. The van der Waals surface area contributed by atoms with Gasteiger partial charge in [0.2, 0.25) is 0 Å². The molecule has 0 bridgehead atoms. The molecule has 0 amide bonds. The van der Waals surface area contributed by atoms with Crippen molar-refractivity contribution in [2.75, 3.05) is 0 Å². The second-order valence-corrected chi connectivity index (χ2v) is 7.07. The molecule has 2 N–H and O–H groups in total. The fourth-order valence-electron chi connectivity index (χ4n) is 4.00. The van der Waals surface area contributed by atoms with Crippen LogP contribution in [0.4, 0.5) is 0 Å². The number of hydrogen-bond acceptors (Lipinski definition) is 4. The molecule has 1 saturated carbocycles. The zero-order valence-electron chi connectivity index (χ0n) is 14.0. The van der Waals surface area contributed by atoms with Gasteiger partial charge >= 0.3 is 0 Å². The van der Waals surface area contributed by atoms with Gasteiger partial charge in [0, 0.05) is 30.5 Å². The Kier molecular flexibility index (Phi) is 4.47. The summed E-state index contributed by atoms with van der Waals surface area (Å²) in [7, 11) is 0. The maximum Gasteiger partial charge on any atom is 0.267 e. The Morgan fingerprint density at radius 2 is 2.04 bits per heavy atom. The Labute approximate surface area is 141 Å². The van der Waals surface area contributed by atoms with Crippen molar-refractivity contribution >= 4 is 0 Å². The first-order valence-corrected chi connectivity index (χ1v) is 9.12. The lowest BCUT2D eigenvalue weighted by Gasteiger charge is -2.30. The second-order valence-electron chi connectivity index (χ2n) is 7.07. The molecule has 128 valence electrons. The SMILES string of the molecule is O=c1cc2c(nn1C1CCC(NCc3cnc[nH]3)CC1)CCCC2. The molecule has 2 aliphatic carbocycles. The van der Waals surface area contributed by atoms with Gasteiger partial charge in [-0.25, -0.2) is 9.67 Å². The predicted octanol–water partition coefficient (Wildman–Crippen LogP) is 2.12. The first-order chi connectivity index (χ1) is 11.8. The summed E-state index contributed by atoms with van der Waals surface area (Å²) in [5.74, 6) is 0. The van der Waals surface area contributed by atoms with Crippen LogP contribution in [-0.2, 0) is 19.4 Å². The van der Waals surface area contributed by atoms with Crippen molar-refractivity contribution < 1.29 is 0 Å².